The molecule has 1 heterocycles. The molecule has 2 aliphatic rings. The van der Waals surface area contributed by atoms with E-state index < -0.39 is 5.54 Å². The van der Waals surface area contributed by atoms with E-state index >= 15 is 0 Å². The second-order valence-corrected chi connectivity index (χ2v) is 6.85. The summed E-state index contributed by atoms with van der Waals surface area (Å²) in [6.07, 6.45) is 4.42. The number of hydrogen-bond acceptors (Lipinski definition) is 4. The summed E-state index contributed by atoms with van der Waals surface area (Å²) >= 11 is 0. The molecule has 4 N–H and O–H groups in total. The van der Waals surface area contributed by atoms with Crippen molar-refractivity contribution in [3.05, 3.63) is 35.6 Å². The predicted octanol–water partition coefficient (Wildman–Crippen LogP) is 1.88. The number of nitrogens with one attached hydrogen (secondary N) is 2. The van der Waals surface area contributed by atoms with Gasteiger partial charge in [0.25, 0.3) is 0 Å². The monoisotopic (exact) mass is 356 g/mol. The average molecular weight is 357 g/mol. The van der Waals surface area contributed by atoms with Crippen LogP contribution in [0, 0.1) is 5.82 Å². The van der Waals surface area contributed by atoms with E-state index in [9.17, 15) is 9.18 Å². The highest BCUT2D eigenvalue weighted by atomic mass is 35.5. The molecule has 24 heavy (non-hydrogen) atoms. The fourth-order valence-electron chi connectivity index (χ4n) is 3.16. The number of nitrogens with two attached hydrogens (primary N) is 1. The van der Waals surface area contributed by atoms with Crippen LogP contribution in [-0.2, 0) is 4.79 Å². The van der Waals surface area contributed by atoms with Gasteiger partial charge in [-0.25, -0.2) is 4.39 Å². The predicted molar refractivity (Wildman–Crippen MR) is 94.1 cm³/mol. The van der Waals surface area contributed by atoms with Crippen LogP contribution in [0.5, 0.6) is 0 Å². The zero-order valence-electron chi connectivity index (χ0n) is 13.9. The summed E-state index contributed by atoms with van der Waals surface area (Å²) in [5.41, 5.74) is 12.8. The minimum Gasteiger partial charge on any atom is -0.344 e. The molecule has 0 spiro atoms. The van der Waals surface area contributed by atoms with Crippen molar-refractivity contribution >= 4 is 18.3 Å². The lowest BCUT2D eigenvalue weighted by atomic mass is 9.99. The van der Waals surface area contributed by atoms with E-state index in [4.69, 9.17) is 5.73 Å². The van der Waals surface area contributed by atoms with Crippen molar-refractivity contribution in [2.75, 3.05) is 13.6 Å². The first-order valence-corrected chi connectivity index (χ1v) is 8.29. The third kappa shape index (κ3) is 4.45. The van der Waals surface area contributed by atoms with Gasteiger partial charge < -0.3 is 10.6 Å². The Hall–Kier alpha value is -1.21. The van der Waals surface area contributed by atoms with Crippen LogP contribution in [0.4, 0.5) is 4.39 Å². The molecule has 7 heteroatoms. The van der Waals surface area contributed by atoms with Crippen LogP contribution in [0.3, 0.4) is 0 Å². The number of rotatable bonds is 6. The molecule has 1 aromatic carbocycles. The normalized spacial score (nSPS) is 24.3. The van der Waals surface area contributed by atoms with Gasteiger partial charge in [-0.1, -0.05) is 12.1 Å². The maximum Gasteiger partial charge on any atom is 0.242 e. The van der Waals surface area contributed by atoms with Gasteiger partial charge in [0.15, 0.2) is 0 Å². The number of carbonyl (C=O) groups is 1. The molecule has 1 saturated heterocycles. The summed E-state index contributed by atoms with van der Waals surface area (Å²) in [5, 5.41) is 0. The second-order valence-electron chi connectivity index (χ2n) is 6.85. The number of hydrazine groups is 1. The second kappa shape index (κ2) is 7.78. The summed E-state index contributed by atoms with van der Waals surface area (Å²) in [6.45, 7) is 0.723. The molecule has 2 atom stereocenters. The van der Waals surface area contributed by atoms with E-state index in [0.717, 1.165) is 44.2 Å². The topological polar surface area (TPSA) is 70.4 Å². The van der Waals surface area contributed by atoms with E-state index in [-0.39, 0.29) is 30.2 Å². The minimum absolute atomic E-state index is 0. The first kappa shape index (κ1) is 19.1. The summed E-state index contributed by atoms with van der Waals surface area (Å²) in [7, 11) is 1.82. The van der Waals surface area contributed by atoms with Gasteiger partial charge in [0.1, 0.15) is 5.82 Å². The zero-order valence-corrected chi connectivity index (χ0v) is 14.7. The Morgan fingerprint density at radius 3 is 2.83 bits per heavy atom. The van der Waals surface area contributed by atoms with E-state index in [1.165, 1.54) is 6.07 Å². The molecule has 1 saturated carbocycles. The van der Waals surface area contributed by atoms with Crippen molar-refractivity contribution in [3.63, 3.8) is 0 Å². The Morgan fingerprint density at radius 2 is 2.17 bits per heavy atom. The van der Waals surface area contributed by atoms with Crippen molar-refractivity contribution in [1.29, 1.82) is 0 Å². The lowest BCUT2D eigenvalue weighted by molar-refractivity contribution is -0.132. The van der Waals surface area contributed by atoms with Crippen molar-refractivity contribution in [3.8, 4) is 0 Å². The van der Waals surface area contributed by atoms with Crippen LogP contribution in [0.15, 0.2) is 24.3 Å². The van der Waals surface area contributed by atoms with Crippen molar-refractivity contribution < 1.29 is 9.18 Å². The molecular weight excluding hydrogens is 331 g/mol. The highest BCUT2D eigenvalue weighted by molar-refractivity contribution is 5.88. The van der Waals surface area contributed by atoms with Gasteiger partial charge in [-0.3, -0.25) is 15.6 Å². The number of carbonyl (C=O) groups excluding carboxylic acids is 1. The Balaban J connectivity index is 0.00000208. The molecule has 1 aliphatic heterocycles. The molecule has 0 aromatic heterocycles. The maximum absolute atomic E-state index is 13.3. The number of benzene rings is 1. The Kier molecular flexibility index (Phi) is 6.20. The molecule has 0 bridgehead atoms. The molecule has 5 nitrogen and oxygen atoms in total. The number of halogens is 2. The number of nitrogens with zero attached hydrogens (tertiary/aromatic N) is 1. The standard InChI is InChI=1S/C17H25FN4O.ClH/c1-22(16(23)17(19)7-8-17)9-3-6-14-11-15(21-20-14)12-4-2-5-13(18)10-12;/h2,4-5,10,14-15,20-21H,3,6-9,11,19H2,1H3;1H. The van der Waals surface area contributed by atoms with Gasteiger partial charge in [-0.2, -0.15) is 0 Å². The van der Waals surface area contributed by atoms with E-state index in [1.54, 1.807) is 17.0 Å². The van der Waals surface area contributed by atoms with Crippen molar-refractivity contribution in [1.82, 2.24) is 15.8 Å². The lowest BCUT2D eigenvalue weighted by Gasteiger charge is -2.21. The highest BCUT2D eigenvalue weighted by Gasteiger charge is 2.47. The molecule has 1 aliphatic carbocycles. The van der Waals surface area contributed by atoms with E-state index in [1.807, 2.05) is 13.1 Å². The SMILES string of the molecule is CN(CCCC1CC(c2cccc(F)c2)NN1)C(=O)C1(N)CC1.Cl. The molecule has 1 aromatic rings. The first-order valence-electron chi connectivity index (χ1n) is 8.29. The summed E-state index contributed by atoms with van der Waals surface area (Å²) < 4.78 is 13.3. The van der Waals surface area contributed by atoms with E-state index in [2.05, 4.69) is 10.9 Å². The van der Waals surface area contributed by atoms with Crippen molar-refractivity contribution in [2.45, 2.75) is 49.7 Å². The molecule has 0 radical (unpaired) electrons. The Labute approximate surface area is 148 Å². The number of likely N-dealkylation sites (N-methyl/N-ethyl adjacent to an activating group) is 1. The van der Waals surface area contributed by atoms with Crippen LogP contribution < -0.4 is 16.6 Å². The van der Waals surface area contributed by atoms with Crippen LogP contribution in [0.1, 0.15) is 43.7 Å². The van der Waals surface area contributed by atoms with Crippen molar-refractivity contribution in [2.24, 2.45) is 5.73 Å². The smallest absolute Gasteiger partial charge is 0.242 e. The molecule has 3 rings (SSSR count). The van der Waals surface area contributed by atoms with Gasteiger partial charge in [-0.05, 0) is 49.8 Å². The first-order chi connectivity index (χ1) is 11.0. The lowest BCUT2D eigenvalue weighted by Crippen LogP contribution is -2.44. The Morgan fingerprint density at radius 1 is 1.42 bits per heavy atom. The van der Waals surface area contributed by atoms with Crippen LogP contribution in [-0.4, -0.2) is 36.0 Å². The van der Waals surface area contributed by atoms with Gasteiger partial charge in [0.2, 0.25) is 5.91 Å². The van der Waals surface area contributed by atoms with Crippen LogP contribution in [0.25, 0.3) is 0 Å². The number of hydrogen-bond donors (Lipinski definition) is 3. The summed E-state index contributed by atoms with van der Waals surface area (Å²) in [6, 6.07) is 7.17. The zero-order chi connectivity index (χ0) is 16.4. The summed E-state index contributed by atoms with van der Waals surface area (Å²) in [4.78, 5) is 13.8. The van der Waals surface area contributed by atoms with Gasteiger partial charge in [0, 0.05) is 25.7 Å². The molecule has 2 fully saturated rings. The minimum atomic E-state index is -0.579. The quantitative estimate of drug-likeness (QED) is 0.728. The van der Waals surface area contributed by atoms with Crippen LogP contribution in [0.2, 0.25) is 0 Å². The van der Waals surface area contributed by atoms with Crippen LogP contribution >= 0.6 is 12.4 Å². The maximum atomic E-state index is 13.3. The third-order valence-electron chi connectivity index (χ3n) is 4.84. The Bertz CT molecular complexity index is 581. The van der Waals surface area contributed by atoms with Gasteiger partial charge in [-0.15, -0.1) is 12.4 Å². The fourth-order valence-corrected chi connectivity index (χ4v) is 3.16. The van der Waals surface area contributed by atoms with Gasteiger partial charge in [0.05, 0.1) is 5.54 Å². The third-order valence-corrected chi connectivity index (χ3v) is 4.84. The largest absolute Gasteiger partial charge is 0.344 e. The molecule has 134 valence electrons. The van der Waals surface area contributed by atoms with Gasteiger partial charge >= 0.3 is 0 Å². The highest BCUT2D eigenvalue weighted by Crippen LogP contribution is 2.34. The number of amides is 1. The fraction of sp³-hybridized carbons (Fsp3) is 0.588. The average Bonchev–Trinajstić information content (AvgIpc) is 3.11. The molecule has 1 amide bonds. The molecule has 2 unspecified atom stereocenters. The van der Waals surface area contributed by atoms with E-state index in [0.29, 0.717) is 6.04 Å². The molecular formula is C17H26ClFN4O. The summed E-state index contributed by atoms with van der Waals surface area (Å²) in [5.74, 6) is -0.142.